The molecule has 3 unspecified atom stereocenters. The summed E-state index contributed by atoms with van der Waals surface area (Å²) in [7, 11) is 1.27. The highest BCUT2D eigenvalue weighted by atomic mass is 16.5. The van der Waals surface area contributed by atoms with Crippen LogP contribution < -0.4 is 16.0 Å². The summed E-state index contributed by atoms with van der Waals surface area (Å²) in [6.07, 6.45) is 11.5. The van der Waals surface area contributed by atoms with Crippen LogP contribution in [0.15, 0.2) is 30.5 Å². The van der Waals surface area contributed by atoms with Gasteiger partial charge in [0.2, 0.25) is 23.6 Å². The number of amides is 4. The Balaban J connectivity index is 1.64. The fraction of sp³-hybridized carbons (Fsp3) is 0.629. The van der Waals surface area contributed by atoms with Gasteiger partial charge in [0.25, 0.3) is 0 Å². The van der Waals surface area contributed by atoms with Crippen molar-refractivity contribution in [2.24, 2.45) is 5.92 Å². The lowest BCUT2D eigenvalue weighted by Gasteiger charge is -2.27. The van der Waals surface area contributed by atoms with Crippen molar-refractivity contribution in [1.29, 1.82) is 0 Å². The van der Waals surface area contributed by atoms with Crippen LogP contribution in [0.1, 0.15) is 97.0 Å². The van der Waals surface area contributed by atoms with E-state index >= 15 is 0 Å². The Labute approximate surface area is 273 Å². The maximum atomic E-state index is 13.7. The molecule has 0 saturated carbocycles. The number of ether oxygens (including phenoxy) is 1. The zero-order chi connectivity index (χ0) is 33.5. The lowest BCUT2D eigenvalue weighted by molar-refractivity contribution is -0.146. The number of H-pyrrole nitrogens is 1. The van der Waals surface area contributed by atoms with Crippen molar-refractivity contribution in [2.45, 2.75) is 116 Å². The first-order chi connectivity index (χ1) is 22.1. The maximum Gasteiger partial charge on any atom is 0.328 e. The Morgan fingerprint density at radius 3 is 2.41 bits per heavy atom. The van der Waals surface area contributed by atoms with Crippen LogP contribution in [-0.2, 0) is 35.1 Å². The molecule has 3 atom stereocenters. The number of esters is 1. The van der Waals surface area contributed by atoms with E-state index in [-0.39, 0.29) is 30.7 Å². The number of benzene rings is 1. The van der Waals surface area contributed by atoms with Crippen molar-refractivity contribution >= 4 is 40.5 Å². The van der Waals surface area contributed by atoms with Crippen LogP contribution >= 0.6 is 0 Å². The molecule has 0 spiro atoms. The van der Waals surface area contributed by atoms with Crippen molar-refractivity contribution < 1.29 is 28.7 Å². The molecule has 4 amide bonds. The van der Waals surface area contributed by atoms with Crippen LogP contribution in [-0.4, -0.2) is 77.8 Å². The van der Waals surface area contributed by atoms with Crippen LogP contribution in [0.2, 0.25) is 0 Å². The lowest BCUT2D eigenvalue weighted by atomic mass is 10.0. The van der Waals surface area contributed by atoms with E-state index in [0.29, 0.717) is 32.2 Å². The molecule has 1 fully saturated rings. The SMILES string of the molecule is CCCCCCCCCC(=O)NCC(=O)N1CCCC1C(=O)NC(Cc1c[nH]c2ccccc12)C(=O)NC(CC(C)C)C(=O)OC. The van der Waals surface area contributed by atoms with Crippen molar-refractivity contribution in [3.05, 3.63) is 36.0 Å². The van der Waals surface area contributed by atoms with E-state index in [0.717, 1.165) is 35.7 Å². The molecule has 4 N–H and O–H groups in total. The van der Waals surface area contributed by atoms with Gasteiger partial charge in [-0.2, -0.15) is 0 Å². The van der Waals surface area contributed by atoms with Gasteiger partial charge in [-0.05, 0) is 43.2 Å². The van der Waals surface area contributed by atoms with Crippen LogP contribution in [0.25, 0.3) is 10.9 Å². The normalized spacial score (nSPS) is 15.8. The molecule has 1 aliphatic rings. The van der Waals surface area contributed by atoms with Gasteiger partial charge in [-0.3, -0.25) is 19.2 Å². The summed E-state index contributed by atoms with van der Waals surface area (Å²) in [4.78, 5) is 70.0. The number of methoxy groups -OCH3 is 1. The lowest BCUT2D eigenvalue weighted by Crippen LogP contribution is -2.56. The van der Waals surface area contributed by atoms with E-state index < -0.39 is 35.9 Å². The summed E-state index contributed by atoms with van der Waals surface area (Å²) in [6.45, 7) is 6.29. The van der Waals surface area contributed by atoms with Gasteiger partial charge in [-0.1, -0.05) is 77.5 Å². The number of nitrogens with zero attached hydrogens (tertiary/aromatic N) is 1. The average molecular weight is 640 g/mol. The summed E-state index contributed by atoms with van der Waals surface area (Å²) in [5.41, 5.74) is 1.73. The van der Waals surface area contributed by atoms with Gasteiger partial charge in [-0.25, -0.2) is 4.79 Å². The predicted molar refractivity (Wildman–Crippen MR) is 178 cm³/mol. The summed E-state index contributed by atoms with van der Waals surface area (Å²) in [5.74, 6) is -1.90. The Hall–Kier alpha value is -3.89. The van der Waals surface area contributed by atoms with Gasteiger partial charge in [-0.15, -0.1) is 0 Å². The number of hydrogen-bond acceptors (Lipinski definition) is 6. The number of aromatic amines is 1. The number of hydrogen-bond donors (Lipinski definition) is 4. The number of nitrogens with one attached hydrogen (secondary N) is 4. The molecule has 0 radical (unpaired) electrons. The molecule has 11 heteroatoms. The first-order valence-electron chi connectivity index (χ1n) is 16.9. The molecule has 1 saturated heterocycles. The number of fused-ring (bicyclic) bond motifs is 1. The van der Waals surface area contributed by atoms with E-state index in [1.54, 1.807) is 0 Å². The third-order valence-electron chi connectivity index (χ3n) is 8.56. The standard InChI is InChI=1S/C35H53N5O6/c1-5-6-7-8-9-10-11-18-31(41)37-23-32(42)40-19-14-17-30(40)34(44)38-28(21-25-22-36-27-16-13-12-15-26(25)27)33(43)39-29(20-24(2)3)35(45)46-4/h12-13,15-16,22,24,28-30,36H,5-11,14,17-21,23H2,1-4H3,(H,37,41)(H,38,44)(H,39,43). The first-order valence-corrected chi connectivity index (χ1v) is 16.9. The Kier molecular flexibility index (Phi) is 15.1. The molecule has 2 aromatic rings. The van der Waals surface area contributed by atoms with Crippen molar-refractivity contribution in [1.82, 2.24) is 25.8 Å². The minimum atomic E-state index is -1.01. The highest BCUT2D eigenvalue weighted by Gasteiger charge is 2.36. The van der Waals surface area contributed by atoms with E-state index in [9.17, 15) is 24.0 Å². The van der Waals surface area contributed by atoms with Crippen molar-refractivity contribution in [2.75, 3.05) is 20.2 Å². The van der Waals surface area contributed by atoms with E-state index in [1.165, 1.54) is 37.7 Å². The number of aromatic nitrogens is 1. The molecular weight excluding hydrogens is 586 g/mol. The zero-order valence-corrected chi connectivity index (χ0v) is 28.0. The van der Waals surface area contributed by atoms with Gasteiger partial charge in [0.15, 0.2) is 0 Å². The quantitative estimate of drug-likeness (QED) is 0.134. The number of rotatable bonds is 19. The topological polar surface area (TPSA) is 150 Å². The van der Waals surface area contributed by atoms with Crippen LogP contribution in [0.4, 0.5) is 0 Å². The fourth-order valence-electron chi connectivity index (χ4n) is 6.04. The van der Waals surface area contributed by atoms with E-state index in [2.05, 4.69) is 27.9 Å². The largest absolute Gasteiger partial charge is 0.467 e. The monoisotopic (exact) mass is 639 g/mol. The average Bonchev–Trinajstić information content (AvgIpc) is 3.70. The number of para-hydroxylation sites is 1. The van der Waals surface area contributed by atoms with Gasteiger partial charge < -0.3 is 30.6 Å². The highest BCUT2D eigenvalue weighted by Crippen LogP contribution is 2.21. The second-order valence-corrected chi connectivity index (χ2v) is 12.7. The predicted octanol–water partition coefficient (Wildman–Crippen LogP) is 4.15. The molecule has 46 heavy (non-hydrogen) atoms. The fourth-order valence-corrected chi connectivity index (χ4v) is 6.04. The summed E-state index contributed by atoms with van der Waals surface area (Å²) in [5, 5.41) is 9.31. The number of unbranched alkanes of at least 4 members (excludes halogenated alkanes) is 6. The summed E-state index contributed by atoms with van der Waals surface area (Å²) in [6, 6.07) is 5.03. The van der Waals surface area contributed by atoms with E-state index in [4.69, 9.17) is 4.74 Å². The summed E-state index contributed by atoms with van der Waals surface area (Å²) >= 11 is 0. The molecule has 254 valence electrons. The van der Waals surface area contributed by atoms with Crippen molar-refractivity contribution in [3.8, 4) is 0 Å². The zero-order valence-electron chi connectivity index (χ0n) is 28.0. The van der Waals surface area contributed by atoms with Crippen LogP contribution in [0.5, 0.6) is 0 Å². The Morgan fingerprint density at radius 1 is 0.978 bits per heavy atom. The molecular formula is C35H53N5O6. The molecule has 1 aliphatic heterocycles. The molecule has 1 aromatic heterocycles. The minimum absolute atomic E-state index is 0.111. The third-order valence-corrected chi connectivity index (χ3v) is 8.56. The Morgan fingerprint density at radius 2 is 1.70 bits per heavy atom. The molecule has 3 rings (SSSR count). The maximum absolute atomic E-state index is 13.7. The van der Waals surface area contributed by atoms with Gasteiger partial charge >= 0.3 is 5.97 Å². The molecule has 0 aliphatic carbocycles. The second kappa shape index (κ2) is 18.9. The summed E-state index contributed by atoms with van der Waals surface area (Å²) < 4.78 is 4.93. The van der Waals surface area contributed by atoms with Crippen LogP contribution in [0, 0.1) is 5.92 Å². The number of carbonyl (C=O) groups excluding carboxylic acids is 5. The van der Waals surface area contributed by atoms with Crippen molar-refractivity contribution in [3.63, 3.8) is 0 Å². The Bertz CT molecular complexity index is 1310. The van der Waals surface area contributed by atoms with Gasteiger partial charge in [0.1, 0.15) is 18.1 Å². The highest BCUT2D eigenvalue weighted by molar-refractivity contribution is 5.95. The van der Waals surface area contributed by atoms with E-state index in [1.807, 2.05) is 44.3 Å². The number of likely N-dealkylation sites (tertiary alicyclic amines) is 1. The van der Waals surface area contributed by atoms with Gasteiger partial charge in [0.05, 0.1) is 13.7 Å². The second-order valence-electron chi connectivity index (χ2n) is 12.7. The smallest absolute Gasteiger partial charge is 0.328 e. The third kappa shape index (κ3) is 11.2. The minimum Gasteiger partial charge on any atom is -0.467 e. The first kappa shape index (κ1) is 36.6. The molecule has 2 heterocycles. The van der Waals surface area contributed by atoms with Gasteiger partial charge in [0, 0.05) is 36.5 Å². The molecule has 0 bridgehead atoms. The number of carbonyl (C=O) groups is 5. The van der Waals surface area contributed by atoms with Crippen LogP contribution in [0.3, 0.4) is 0 Å². The molecule has 11 nitrogen and oxygen atoms in total. The molecule has 1 aromatic carbocycles.